The highest BCUT2D eigenvalue weighted by Crippen LogP contribution is 2.34. The molecule has 5 rings (SSSR count). The summed E-state index contributed by atoms with van der Waals surface area (Å²) in [6.07, 6.45) is 5.59. The van der Waals surface area contributed by atoms with Crippen LogP contribution < -0.4 is 10.6 Å². The second kappa shape index (κ2) is 7.69. The number of hydrogen-bond acceptors (Lipinski definition) is 4. The number of amides is 2. The first-order valence-electron chi connectivity index (χ1n) is 10.7. The lowest BCUT2D eigenvalue weighted by Crippen LogP contribution is -2.36. The van der Waals surface area contributed by atoms with Crippen molar-refractivity contribution in [3.63, 3.8) is 0 Å². The third-order valence-corrected chi connectivity index (χ3v) is 6.45. The Hall–Kier alpha value is -2.99. The first-order valence-corrected chi connectivity index (χ1v) is 10.7. The molecule has 1 aromatic heterocycles. The van der Waals surface area contributed by atoms with Crippen molar-refractivity contribution >= 4 is 23.2 Å². The molecule has 0 bridgehead atoms. The maximum absolute atomic E-state index is 12.6. The Kier molecular flexibility index (Phi) is 4.87. The maximum atomic E-state index is 12.6. The minimum atomic E-state index is 0.00950. The van der Waals surface area contributed by atoms with Gasteiger partial charge in [0.05, 0.1) is 5.69 Å². The van der Waals surface area contributed by atoms with Crippen LogP contribution in [0.1, 0.15) is 45.6 Å². The Morgan fingerprint density at radius 3 is 2.80 bits per heavy atom. The van der Waals surface area contributed by atoms with Crippen molar-refractivity contribution in [1.29, 1.82) is 0 Å². The van der Waals surface area contributed by atoms with Gasteiger partial charge in [-0.15, -0.1) is 0 Å². The summed E-state index contributed by atoms with van der Waals surface area (Å²) in [5, 5.41) is 5.91. The van der Waals surface area contributed by atoms with E-state index >= 15 is 0 Å². The molecule has 0 spiro atoms. The molecule has 3 aliphatic rings. The van der Waals surface area contributed by atoms with E-state index in [1.54, 1.807) is 0 Å². The van der Waals surface area contributed by atoms with Gasteiger partial charge in [-0.3, -0.25) is 9.59 Å². The summed E-state index contributed by atoms with van der Waals surface area (Å²) in [6.45, 7) is 2.61. The summed E-state index contributed by atoms with van der Waals surface area (Å²) >= 11 is 0. The van der Waals surface area contributed by atoms with E-state index in [0.717, 1.165) is 72.3 Å². The van der Waals surface area contributed by atoms with Crippen molar-refractivity contribution in [2.75, 3.05) is 32.0 Å². The molecule has 6 nitrogen and oxygen atoms in total. The smallest absolute Gasteiger partial charge is 0.251 e. The van der Waals surface area contributed by atoms with Gasteiger partial charge < -0.3 is 15.5 Å². The fraction of sp³-hybridized carbons (Fsp3) is 0.375. The molecular weight excluding hydrogens is 376 g/mol. The summed E-state index contributed by atoms with van der Waals surface area (Å²) in [6, 6.07) is 10.0. The maximum Gasteiger partial charge on any atom is 0.251 e. The molecule has 1 aromatic carbocycles. The zero-order valence-electron chi connectivity index (χ0n) is 17.2. The number of nitrogens with zero attached hydrogens (tertiary/aromatic N) is 2. The Morgan fingerprint density at radius 1 is 1.17 bits per heavy atom. The largest absolute Gasteiger partial charge is 0.352 e. The predicted octanol–water partition coefficient (Wildman–Crippen LogP) is 2.64. The Bertz CT molecular complexity index is 1050. The van der Waals surface area contributed by atoms with Gasteiger partial charge in [-0.2, -0.15) is 0 Å². The van der Waals surface area contributed by atoms with Crippen molar-refractivity contribution in [2.24, 2.45) is 5.92 Å². The second-order valence-electron chi connectivity index (χ2n) is 8.46. The first kappa shape index (κ1) is 19.0. The molecule has 0 unspecified atom stereocenters. The highest BCUT2D eigenvalue weighted by atomic mass is 16.2. The van der Waals surface area contributed by atoms with Crippen molar-refractivity contribution < 1.29 is 9.59 Å². The average Bonchev–Trinajstić information content (AvgIpc) is 3.17. The lowest BCUT2D eigenvalue weighted by molar-refractivity contribution is -0.121. The van der Waals surface area contributed by atoms with E-state index in [9.17, 15) is 9.59 Å². The van der Waals surface area contributed by atoms with E-state index in [0.29, 0.717) is 12.4 Å². The summed E-state index contributed by atoms with van der Waals surface area (Å²) < 4.78 is 0. The number of fused-ring (bicyclic) bond motifs is 2. The van der Waals surface area contributed by atoms with Crippen LogP contribution in [0.2, 0.25) is 0 Å². The number of nitrogens with one attached hydrogen (secondary N) is 2. The highest BCUT2D eigenvalue weighted by Gasteiger charge is 2.25. The molecule has 154 valence electrons. The number of pyridine rings is 1. The molecule has 0 radical (unpaired) electrons. The van der Waals surface area contributed by atoms with E-state index in [1.165, 1.54) is 0 Å². The topological polar surface area (TPSA) is 74.3 Å². The molecule has 0 saturated carbocycles. The van der Waals surface area contributed by atoms with Crippen LogP contribution in [-0.2, 0) is 17.6 Å². The number of hydrogen-bond donors (Lipinski definition) is 2. The predicted molar refractivity (Wildman–Crippen MR) is 116 cm³/mol. The van der Waals surface area contributed by atoms with Crippen LogP contribution in [0.5, 0.6) is 0 Å². The number of carbonyl (C=O) groups is 2. The minimum Gasteiger partial charge on any atom is -0.352 e. The molecule has 3 heterocycles. The van der Waals surface area contributed by atoms with Gasteiger partial charge in [0, 0.05) is 30.0 Å². The van der Waals surface area contributed by atoms with Gasteiger partial charge in [-0.1, -0.05) is 18.2 Å². The van der Waals surface area contributed by atoms with E-state index < -0.39 is 0 Å². The van der Waals surface area contributed by atoms with Gasteiger partial charge in [0.25, 0.3) is 5.91 Å². The van der Waals surface area contributed by atoms with Crippen LogP contribution in [0.4, 0.5) is 5.82 Å². The van der Waals surface area contributed by atoms with Crippen LogP contribution in [0.25, 0.3) is 5.57 Å². The summed E-state index contributed by atoms with van der Waals surface area (Å²) in [4.78, 5) is 31.6. The zero-order chi connectivity index (χ0) is 20.7. The third kappa shape index (κ3) is 3.52. The van der Waals surface area contributed by atoms with Crippen LogP contribution in [0.3, 0.4) is 0 Å². The minimum absolute atomic E-state index is 0.00950. The molecule has 2 aromatic rings. The van der Waals surface area contributed by atoms with Gasteiger partial charge >= 0.3 is 0 Å². The summed E-state index contributed by atoms with van der Waals surface area (Å²) in [5.41, 5.74) is 6.23. The molecule has 2 N–H and O–H groups in total. The number of piperidine rings is 1. The Balaban J connectivity index is 1.33. The van der Waals surface area contributed by atoms with Crippen molar-refractivity contribution in [2.45, 2.75) is 25.7 Å². The highest BCUT2D eigenvalue weighted by molar-refractivity contribution is 5.97. The fourth-order valence-electron chi connectivity index (χ4n) is 4.65. The molecule has 1 aliphatic carbocycles. The molecule has 6 heteroatoms. The normalized spacial score (nSPS) is 19.0. The number of benzene rings is 1. The lowest BCUT2D eigenvalue weighted by Gasteiger charge is -2.27. The standard InChI is InChI=1S/C24H26N4O2/c1-28-12-9-15(10-13-28)23(29)27-22-7-5-20-18(4-6-21(20)26-22)16-2-3-19-17(14-16)8-11-25-24(19)30/h2-5,7,14-15H,6,8-13H2,1H3,(H,25,30)(H,26,27,29). The molecular formula is C24H26N4O2. The van der Waals surface area contributed by atoms with E-state index in [4.69, 9.17) is 4.98 Å². The van der Waals surface area contributed by atoms with Gasteiger partial charge in [0.15, 0.2) is 0 Å². The molecule has 30 heavy (non-hydrogen) atoms. The Morgan fingerprint density at radius 2 is 1.97 bits per heavy atom. The number of allylic oxidation sites excluding steroid dienone is 1. The lowest BCUT2D eigenvalue weighted by atomic mass is 9.93. The number of anilines is 1. The molecule has 1 saturated heterocycles. The second-order valence-corrected chi connectivity index (χ2v) is 8.46. The number of aromatic nitrogens is 1. The van der Waals surface area contributed by atoms with Gasteiger partial charge in [-0.25, -0.2) is 4.98 Å². The van der Waals surface area contributed by atoms with E-state index in [2.05, 4.69) is 40.8 Å². The van der Waals surface area contributed by atoms with Crippen molar-refractivity contribution in [3.8, 4) is 0 Å². The van der Waals surface area contributed by atoms with Gasteiger partial charge in [0.1, 0.15) is 5.82 Å². The number of rotatable bonds is 3. The third-order valence-electron chi connectivity index (χ3n) is 6.45. The average molecular weight is 402 g/mol. The quantitative estimate of drug-likeness (QED) is 0.828. The SMILES string of the molecule is CN1CCC(C(=O)Nc2ccc3c(n2)CC=C3c2ccc3c(c2)CCNC3=O)CC1. The van der Waals surface area contributed by atoms with Gasteiger partial charge in [0.2, 0.25) is 5.91 Å². The van der Waals surface area contributed by atoms with E-state index in [-0.39, 0.29) is 17.7 Å². The van der Waals surface area contributed by atoms with Crippen LogP contribution in [0.15, 0.2) is 36.4 Å². The number of likely N-dealkylation sites (tertiary alicyclic amines) is 1. The first-order chi connectivity index (χ1) is 14.6. The fourth-order valence-corrected chi connectivity index (χ4v) is 4.65. The van der Waals surface area contributed by atoms with Gasteiger partial charge in [-0.05, 0) is 74.3 Å². The molecule has 2 aliphatic heterocycles. The van der Waals surface area contributed by atoms with Crippen LogP contribution in [0, 0.1) is 5.92 Å². The molecule has 1 fully saturated rings. The van der Waals surface area contributed by atoms with Crippen LogP contribution in [-0.4, -0.2) is 48.4 Å². The summed E-state index contributed by atoms with van der Waals surface area (Å²) in [5.74, 6) is 0.789. The zero-order valence-corrected chi connectivity index (χ0v) is 17.2. The summed E-state index contributed by atoms with van der Waals surface area (Å²) in [7, 11) is 2.10. The van der Waals surface area contributed by atoms with Crippen LogP contribution >= 0.6 is 0 Å². The Labute approximate surface area is 176 Å². The van der Waals surface area contributed by atoms with Crippen molar-refractivity contribution in [3.05, 3.63) is 64.4 Å². The van der Waals surface area contributed by atoms with Crippen molar-refractivity contribution in [1.82, 2.24) is 15.2 Å². The molecule has 0 atom stereocenters. The number of carbonyl (C=O) groups excluding carboxylic acids is 2. The monoisotopic (exact) mass is 402 g/mol. The van der Waals surface area contributed by atoms with E-state index in [1.807, 2.05) is 18.2 Å². The molecule has 2 amide bonds.